The minimum absolute atomic E-state index is 0.169. The maximum Gasteiger partial charge on any atom is 0.325 e. The van der Waals surface area contributed by atoms with E-state index in [1.165, 1.54) is 12.0 Å². The Bertz CT molecular complexity index is 498. The van der Waals surface area contributed by atoms with E-state index in [1.807, 2.05) is 31.2 Å². The Morgan fingerprint density at radius 3 is 2.47 bits per heavy atom. The van der Waals surface area contributed by atoms with Gasteiger partial charge in [0, 0.05) is 7.11 Å². The summed E-state index contributed by atoms with van der Waals surface area (Å²) >= 11 is 0. The third-order valence-corrected chi connectivity index (χ3v) is 3.24. The monoisotopic (exact) mass is 262 g/mol. The van der Waals surface area contributed by atoms with Crippen molar-refractivity contribution in [3.8, 4) is 0 Å². The molecule has 102 valence electrons. The standard InChI is InChI=1S/C14H18N2O3/c1-10-4-6-11(7-5-10)8-16-12(17)14(2,9-19-3)15-13(16)18/h4-7H,8-9H2,1-3H3,(H,15,18). The molecule has 0 radical (unpaired) electrons. The molecule has 1 saturated heterocycles. The van der Waals surface area contributed by atoms with Gasteiger partial charge in [-0.2, -0.15) is 0 Å². The molecule has 19 heavy (non-hydrogen) atoms. The van der Waals surface area contributed by atoms with E-state index in [0.29, 0.717) is 0 Å². The van der Waals surface area contributed by atoms with Gasteiger partial charge in [-0.25, -0.2) is 4.79 Å². The fourth-order valence-corrected chi connectivity index (χ4v) is 2.15. The van der Waals surface area contributed by atoms with Crippen molar-refractivity contribution in [2.24, 2.45) is 0 Å². The van der Waals surface area contributed by atoms with Gasteiger partial charge in [0.25, 0.3) is 5.91 Å². The number of rotatable bonds is 4. The van der Waals surface area contributed by atoms with Crippen LogP contribution in [0.15, 0.2) is 24.3 Å². The molecule has 1 fully saturated rings. The molecule has 0 saturated carbocycles. The van der Waals surface area contributed by atoms with Gasteiger partial charge in [0.2, 0.25) is 0 Å². The van der Waals surface area contributed by atoms with E-state index >= 15 is 0 Å². The van der Waals surface area contributed by atoms with E-state index in [2.05, 4.69) is 5.32 Å². The first-order valence-corrected chi connectivity index (χ1v) is 6.15. The first-order valence-electron chi connectivity index (χ1n) is 6.15. The third kappa shape index (κ3) is 2.61. The number of amides is 3. The highest BCUT2D eigenvalue weighted by Crippen LogP contribution is 2.20. The molecule has 1 atom stereocenters. The second-order valence-electron chi connectivity index (χ2n) is 5.07. The zero-order valence-electron chi connectivity index (χ0n) is 11.4. The molecule has 1 N–H and O–H groups in total. The van der Waals surface area contributed by atoms with Gasteiger partial charge in [0.15, 0.2) is 0 Å². The molecule has 1 aromatic carbocycles. The van der Waals surface area contributed by atoms with E-state index in [4.69, 9.17) is 4.74 Å². The fourth-order valence-electron chi connectivity index (χ4n) is 2.15. The molecule has 5 heteroatoms. The molecule has 1 aliphatic heterocycles. The second kappa shape index (κ2) is 5.01. The van der Waals surface area contributed by atoms with Gasteiger partial charge in [-0.05, 0) is 19.4 Å². The topological polar surface area (TPSA) is 58.6 Å². The fraction of sp³-hybridized carbons (Fsp3) is 0.429. The first-order chi connectivity index (χ1) is 8.96. The number of carbonyl (C=O) groups excluding carboxylic acids is 2. The number of methoxy groups -OCH3 is 1. The van der Waals surface area contributed by atoms with Crippen molar-refractivity contribution < 1.29 is 14.3 Å². The van der Waals surface area contributed by atoms with Crippen LogP contribution in [0.25, 0.3) is 0 Å². The van der Waals surface area contributed by atoms with Crippen molar-refractivity contribution in [1.82, 2.24) is 10.2 Å². The number of hydrogen-bond acceptors (Lipinski definition) is 3. The summed E-state index contributed by atoms with van der Waals surface area (Å²) in [6.45, 7) is 4.12. The molecule has 0 spiro atoms. The summed E-state index contributed by atoms with van der Waals surface area (Å²) in [5.74, 6) is -0.250. The van der Waals surface area contributed by atoms with Gasteiger partial charge >= 0.3 is 6.03 Å². The molecule has 3 amide bonds. The maximum absolute atomic E-state index is 12.3. The third-order valence-electron chi connectivity index (χ3n) is 3.24. The summed E-state index contributed by atoms with van der Waals surface area (Å²) in [4.78, 5) is 25.4. The van der Waals surface area contributed by atoms with Crippen molar-refractivity contribution >= 4 is 11.9 Å². The Morgan fingerprint density at radius 1 is 1.26 bits per heavy atom. The quantitative estimate of drug-likeness (QED) is 0.836. The molecule has 2 rings (SSSR count). The lowest BCUT2D eigenvalue weighted by molar-refractivity contribution is -0.132. The van der Waals surface area contributed by atoms with Crippen LogP contribution in [-0.4, -0.2) is 36.1 Å². The Kier molecular flexibility index (Phi) is 3.57. The lowest BCUT2D eigenvalue weighted by atomic mass is 10.0. The molecule has 0 aliphatic carbocycles. The van der Waals surface area contributed by atoms with Crippen molar-refractivity contribution in [3.05, 3.63) is 35.4 Å². The maximum atomic E-state index is 12.3. The normalized spacial score (nSPS) is 22.8. The van der Waals surface area contributed by atoms with Crippen molar-refractivity contribution in [1.29, 1.82) is 0 Å². The highest BCUT2D eigenvalue weighted by Gasteiger charge is 2.47. The molecule has 1 aromatic rings. The summed E-state index contributed by atoms with van der Waals surface area (Å²) in [6, 6.07) is 7.39. The minimum atomic E-state index is -0.962. The van der Waals surface area contributed by atoms with Gasteiger partial charge in [0.05, 0.1) is 13.2 Å². The average molecular weight is 262 g/mol. The number of nitrogens with zero attached hydrogens (tertiary/aromatic N) is 1. The Hall–Kier alpha value is -1.88. The van der Waals surface area contributed by atoms with Gasteiger partial charge < -0.3 is 10.1 Å². The number of carbonyl (C=O) groups is 2. The molecular formula is C14H18N2O3. The van der Waals surface area contributed by atoms with E-state index in [9.17, 15) is 9.59 Å². The summed E-state index contributed by atoms with van der Waals surface area (Å²) in [7, 11) is 1.51. The molecule has 5 nitrogen and oxygen atoms in total. The number of hydrogen-bond donors (Lipinski definition) is 1. The second-order valence-corrected chi connectivity index (χ2v) is 5.07. The predicted octanol–water partition coefficient (Wildman–Crippen LogP) is 1.45. The summed E-state index contributed by atoms with van der Waals surface area (Å²) in [6.07, 6.45) is 0. The smallest absolute Gasteiger partial charge is 0.325 e. The van der Waals surface area contributed by atoms with E-state index < -0.39 is 5.54 Å². The van der Waals surface area contributed by atoms with Crippen molar-refractivity contribution in [2.45, 2.75) is 25.9 Å². The molecule has 1 aliphatic rings. The Labute approximate surface area is 112 Å². The SMILES string of the molecule is COCC1(C)NC(=O)N(Cc2ccc(C)cc2)C1=O. The van der Waals surface area contributed by atoms with Crippen molar-refractivity contribution in [3.63, 3.8) is 0 Å². The van der Waals surface area contributed by atoms with Crippen LogP contribution in [0.1, 0.15) is 18.1 Å². The van der Waals surface area contributed by atoms with Crippen LogP contribution in [-0.2, 0) is 16.1 Å². The van der Waals surface area contributed by atoms with Gasteiger partial charge in [-0.1, -0.05) is 29.8 Å². The van der Waals surface area contributed by atoms with Crippen LogP contribution >= 0.6 is 0 Å². The number of nitrogens with one attached hydrogen (secondary N) is 1. The molecule has 0 bridgehead atoms. The van der Waals surface area contributed by atoms with Crippen LogP contribution in [0, 0.1) is 6.92 Å². The van der Waals surface area contributed by atoms with Crippen LogP contribution in [0.2, 0.25) is 0 Å². The highest BCUT2D eigenvalue weighted by atomic mass is 16.5. The lowest BCUT2D eigenvalue weighted by Crippen LogP contribution is -2.47. The van der Waals surface area contributed by atoms with Crippen LogP contribution < -0.4 is 5.32 Å². The Morgan fingerprint density at radius 2 is 1.89 bits per heavy atom. The van der Waals surface area contributed by atoms with Crippen LogP contribution in [0.4, 0.5) is 4.79 Å². The number of aryl methyl sites for hydroxylation is 1. The zero-order chi connectivity index (χ0) is 14.0. The van der Waals surface area contributed by atoms with Crippen LogP contribution in [0.5, 0.6) is 0 Å². The summed E-state index contributed by atoms with van der Waals surface area (Å²) in [5, 5.41) is 2.68. The summed E-state index contributed by atoms with van der Waals surface area (Å²) < 4.78 is 5.00. The molecular weight excluding hydrogens is 244 g/mol. The lowest BCUT2D eigenvalue weighted by Gasteiger charge is -2.20. The minimum Gasteiger partial charge on any atom is -0.382 e. The van der Waals surface area contributed by atoms with Gasteiger partial charge in [-0.3, -0.25) is 9.69 Å². The molecule has 1 heterocycles. The van der Waals surface area contributed by atoms with Crippen LogP contribution in [0.3, 0.4) is 0 Å². The highest BCUT2D eigenvalue weighted by molar-refractivity contribution is 6.06. The molecule has 1 unspecified atom stereocenters. The number of ether oxygens (including phenoxy) is 1. The predicted molar refractivity (Wildman–Crippen MR) is 70.5 cm³/mol. The zero-order valence-corrected chi connectivity index (χ0v) is 11.4. The first kappa shape index (κ1) is 13.5. The number of imide groups is 1. The van der Waals surface area contributed by atoms with E-state index in [-0.39, 0.29) is 25.1 Å². The van der Waals surface area contributed by atoms with E-state index in [1.54, 1.807) is 6.92 Å². The Balaban J connectivity index is 2.15. The van der Waals surface area contributed by atoms with Crippen molar-refractivity contribution in [2.75, 3.05) is 13.7 Å². The number of urea groups is 1. The largest absolute Gasteiger partial charge is 0.382 e. The van der Waals surface area contributed by atoms with Gasteiger partial charge in [0.1, 0.15) is 5.54 Å². The summed E-state index contributed by atoms with van der Waals surface area (Å²) in [5.41, 5.74) is 1.11. The number of benzene rings is 1. The average Bonchev–Trinajstić information content (AvgIpc) is 2.56. The van der Waals surface area contributed by atoms with E-state index in [0.717, 1.165) is 11.1 Å². The molecule has 0 aromatic heterocycles. The van der Waals surface area contributed by atoms with Gasteiger partial charge in [-0.15, -0.1) is 0 Å².